The highest BCUT2D eigenvalue weighted by Gasteiger charge is 2.03. The Balaban J connectivity index is 2.22. The van der Waals surface area contributed by atoms with Crippen LogP contribution in [0.4, 0.5) is 0 Å². The van der Waals surface area contributed by atoms with Gasteiger partial charge in [-0.3, -0.25) is 0 Å². The number of benzene rings is 2. The van der Waals surface area contributed by atoms with Crippen LogP contribution in [0.3, 0.4) is 0 Å². The zero-order chi connectivity index (χ0) is 13.0. The molecule has 2 aromatic rings. The molecule has 2 rings (SSSR count). The van der Waals surface area contributed by atoms with E-state index in [1.807, 2.05) is 19.2 Å². The number of nitrogens with one attached hydrogen (secondary N) is 1. The Bertz CT molecular complexity index is 488. The zero-order valence-electron chi connectivity index (χ0n) is 11.1. The fraction of sp³-hybridized carbons (Fsp3) is 0.250. The van der Waals surface area contributed by atoms with E-state index in [0.717, 1.165) is 5.75 Å². The van der Waals surface area contributed by atoms with Gasteiger partial charge in [-0.15, -0.1) is 0 Å². The fourth-order valence-corrected chi connectivity index (χ4v) is 1.91. The van der Waals surface area contributed by atoms with Gasteiger partial charge in [0, 0.05) is 6.04 Å². The summed E-state index contributed by atoms with van der Waals surface area (Å²) < 4.78 is 5.16. The predicted octanol–water partition coefficient (Wildman–Crippen LogP) is 3.64. The molecule has 0 spiro atoms. The minimum atomic E-state index is 0.384. The van der Waals surface area contributed by atoms with Crippen molar-refractivity contribution in [1.82, 2.24) is 5.32 Å². The molecule has 1 N–H and O–H groups in total. The first-order valence-electron chi connectivity index (χ1n) is 6.16. The van der Waals surface area contributed by atoms with Crippen molar-refractivity contribution >= 4 is 0 Å². The molecular weight excluding hydrogens is 222 g/mol. The van der Waals surface area contributed by atoms with Crippen LogP contribution in [-0.2, 0) is 0 Å². The normalized spacial score (nSPS) is 12.2. The molecule has 0 aliphatic carbocycles. The van der Waals surface area contributed by atoms with Crippen LogP contribution in [0, 0.1) is 0 Å². The molecule has 0 radical (unpaired) electrons. The number of methoxy groups -OCH3 is 1. The van der Waals surface area contributed by atoms with Crippen molar-refractivity contribution in [2.75, 3.05) is 14.2 Å². The topological polar surface area (TPSA) is 21.3 Å². The first-order valence-corrected chi connectivity index (χ1v) is 6.16. The van der Waals surface area contributed by atoms with Crippen LogP contribution in [0.25, 0.3) is 11.1 Å². The van der Waals surface area contributed by atoms with Gasteiger partial charge in [-0.1, -0.05) is 36.4 Å². The van der Waals surface area contributed by atoms with Gasteiger partial charge in [0.1, 0.15) is 5.75 Å². The number of hydrogen-bond acceptors (Lipinski definition) is 2. The summed E-state index contributed by atoms with van der Waals surface area (Å²) in [6.45, 7) is 2.16. The lowest BCUT2D eigenvalue weighted by molar-refractivity contribution is 0.415. The molecule has 2 heteroatoms. The lowest BCUT2D eigenvalue weighted by Crippen LogP contribution is -2.11. The van der Waals surface area contributed by atoms with Crippen molar-refractivity contribution in [1.29, 1.82) is 0 Å². The molecule has 0 saturated heterocycles. The van der Waals surface area contributed by atoms with E-state index in [4.69, 9.17) is 4.74 Å². The van der Waals surface area contributed by atoms with E-state index < -0.39 is 0 Å². The smallest absolute Gasteiger partial charge is 0.118 e. The quantitative estimate of drug-likeness (QED) is 0.882. The van der Waals surface area contributed by atoms with Gasteiger partial charge in [-0.2, -0.15) is 0 Å². The Morgan fingerprint density at radius 1 is 0.889 bits per heavy atom. The van der Waals surface area contributed by atoms with E-state index in [1.54, 1.807) is 7.11 Å². The minimum absolute atomic E-state index is 0.384. The van der Waals surface area contributed by atoms with Gasteiger partial charge < -0.3 is 10.1 Å². The average Bonchev–Trinajstić information content (AvgIpc) is 2.47. The summed E-state index contributed by atoms with van der Waals surface area (Å²) in [4.78, 5) is 0. The van der Waals surface area contributed by atoms with E-state index in [9.17, 15) is 0 Å². The van der Waals surface area contributed by atoms with Crippen LogP contribution < -0.4 is 10.1 Å². The summed E-state index contributed by atoms with van der Waals surface area (Å²) in [7, 11) is 3.66. The van der Waals surface area contributed by atoms with Crippen LogP contribution in [0.15, 0.2) is 48.5 Å². The van der Waals surface area contributed by atoms with Crippen molar-refractivity contribution in [3.8, 4) is 16.9 Å². The van der Waals surface area contributed by atoms with Crippen LogP contribution in [0.1, 0.15) is 18.5 Å². The van der Waals surface area contributed by atoms with E-state index >= 15 is 0 Å². The Hall–Kier alpha value is -1.80. The summed E-state index contributed by atoms with van der Waals surface area (Å²) >= 11 is 0. The molecule has 0 bridgehead atoms. The standard InChI is InChI=1S/C16H19NO/c1-12(17-2)13-4-6-14(7-5-13)15-8-10-16(18-3)11-9-15/h4-12,17H,1-3H3. The molecule has 0 saturated carbocycles. The van der Waals surface area contributed by atoms with Gasteiger partial charge in [0.15, 0.2) is 0 Å². The predicted molar refractivity (Wildman–Crippen MR) is 75.9 cm³/mol. The second kappa shape index (κ2) is 5.69. The Labute approximate surface area is 109 Å². The van der Waals surface area contributed by atoms with Crippen molar-refractivity contribution in [2.45, 2.75) is 13.0 Å². The second-order valence-corrected chi connectivity index (χ2v) is 4.36. The van der Waals surface area contributed by atoms with E-state index in [0.29, 0.717) is 6.04 Å². The monoisotopic (exact) mass is 241 g/mol. The van der Waals surface area contributed by atoms with Gasteiger partial charge in [-0.05, 0) is 42.8 Å². The summed E-state index contributed by atoms with van der Waals surface area (Å²) in [6.07, 6.45) is 0. The number of rotatable bonds is 4. The average molecular weight is 241 g/mol. The maximum Gasteiger partial charge on any atom is 0.118 e. The number of ether oxygens (including phenoxy) is 1. The summed E-state index contributed by atoms with van der Waals surface area (Å²) in [6, 6.07) is 17.2. The molecule has 18 heavy (non-hydrogen) atoms. The van der Waals surface area contributed by atoms with Crippen molar-refractivity contribution < 1.29 is 4.74 Å². The minimum Gasteiger partial charge on any atom is -0.497 e. The van der Waals surface area contributed by atoms with Crippen LogP contribution >= 0.6 is 0 Å². The highest BCUT2D eigenvalue weighted by atomic mass is 16.5. The fourth-order valence-electron chi connectivity index (χ4n) is 1.91. The molecule has 1 atom stereocenters. The summed E-state index contributed by atoms with van der Waals surface area (Å²) in [5.41, 5.74) is 3.74. The molecule has 0 aromatic heterocycles. The van der Waals surface area contributed by atoms with Crippen LogP contribution in [0.2, 0.25) is 0 Å². The molecule has 2 nitrogen and oxygen atoms in total. The van der Waals surface area contributed by atoms with Gasteiger partial charge in [0.25, 0.3) is 0 Å². The highest BCUT2D eigenvalue weighted by molar-refractivity contribution is 5.64. The molecule has 0 amide bonds. The lowest BCUT2D eigenvalue weighted by atomic mass is 10.0. The molecule has 0 fully saturated rings. The molecule has 0 aliphatic rings. The van der Waals surface area contributed by atoms with Crippen LogP contribution in [-0.4, -0.2) is 14.2 Å². The Kier molecular flexibility index (Phi) is 4.00. The first-order chi connectivity index (χ1) is 8.74. The third kappa shape index (κ3) is 2.71. The van der Waals surface area contributed by atoms with E-state index in [-0.39, 0.29) is 0 Å². The summed E-state index contributed by atoms with van der Waals surface area (Å²) in [5.74, 6) is 0.888. The first kappa shape index (κ1) is 12.7. The van der Waals surface area contributed by atoms with Crippen LogP contribution in [0.5, 0.6) is 5.75 Å². The highest BCUT2D eigenvalue weighted by Crippen LogP contribution is 2.24. The second-order valence-electron chi connectivity index (χ2n) is 4.36. The largest absolute Gasteiger partial charge is 0.497 e. The maximum atomic E-state index is 5.16. The molecular formula is C16H19NO. The molecule has 0 aliphatic heterocycles. The Morgan fingerprint density at radius 2 is 1.39 bits per heavy atom. The van der Waals surface area contributed by atoms with E-state index in [1.165, 1.54) is 16.7 Å². The molecule has 1 unspecified atom stereocenters. The molecule has 94 valence electrons. The third-order valence-corrected chi connectivity index (χ3v) is 3.27. The van der Waals surface area contributed by atoms with Gasteiger partial charge in [-0.25, -0.2) is 0 Å². The maximum absolute atomic E-state index is 5.16. The SMILES string of the molecule is CNC(C)c1ccc(-c2ccc(OC)cc2)cc1. The zero-order valence-corrected chi connectivity index (χ0v) is 11.1. The van der Waals surface area contributed by atoms with E-state index in [2.05, 4.69) is 48.6 Å². The van der Waals surface area contributed by atoms with Crippen molar-refractivity contribution in [3.63, 3.8) is 0 Å². The van der Waals surface area contributed by atoms with Gasteiger partial charge in [0.05, 0.1) is 7.11 Å². The van der Waals surface area contributed by atoms with Crippen molar-refractivity contribution in [2.24, 2.45) is 0 Å². The lowest BCUT2D eigenvalue weighted by Gasteiger charge is -2.11. The number of hydrogen-bond donors (Lipinski definition) is 1. The van der Waals surface area contributed by atoms with Crippen molar-refractivity contribution in [3.05, 3.63) is 54.1 Å². The van der Waals surface area contributed by atoms with Gasteiger partial charge >= 0.3 is 0 Å². The van der Waals surface area contributed by atoms with Gasteiger partial charge in [0.2, 0.25) is 0 Å². The molecule has 2 aromatic carbocycles. The third-order valence-electron chi connectivity index (χ3n) is 3.27. The summed E-state index contributed by atoms with van der Waals surface area (Å²) in [5, 5.41) is 3.24. The molecule has 0 heterocycles. The Morgan fingerprint density at radius 3 is 1.83 bits per heavy atom.